The van der Waals surface area contributed by atoms with Gasteiger partial charge < -0.3 is 24.3 Å². The summed E-state index contributed by atoms with van der Waals surface area (Å²) in [5, 5.41) is 31.9. The number of aliphatic hydroxyl groups excluding tert-OH is 2. The molecule has 0 unspecified atom stereocenters. The van der Waals surface area contributed by atoms with Gasteiger partial charge >= 0.3 is 7.12 Å². The van der Waals surface area contributed by atoms with Gasteiger partial charge in [-0.2, -0.15) is 0 Å². The van der Waals surface area contributed by atoms with E-state index in [1.165, 1.54) is 16.2 Å². The van der Waals surface area contributed by atoms with Crippen LogP contribution < -0.4 is 0 Å². The number of imide groups is 1. The molecule has 4 heterocycles. The fraction of sp³-hybridized carbons (Fsp3) is 0.462. The first kappa shape index (κ1) is 25.2. The molecule has 2 aromatic heterocycles. The van der Waals surface area contributed by atoms with Crippen LogP contribution in [0, 0.1) is 17.8 Å². The van der Waals surface area contributed by atoms with E-state index in [4.69, 9.17) is 9.07 Å². The fourth-order valence-corrected chi connectivity index (χ4v) is 6.61. The summed E-state index contributed by atoms with van der Waals surface area (Å²) in [6.07, 6.45) is 3.21. The third kappa shape index (κ3) is 4.76. The molecule has 1 aliphatic carbocycles. The average Bonchev–Trinajstić information content (AvgIpc) is 3.60. The van der Waals surface area contributed by atoms with Crippen molar-refractivity contribution in [2.75, 3.05) is 6.61 Å². The average molecular weight is 511 g/mol. The molecule has 2 saturated heterocycles. The number of fused-ring (bicyclic) bond motifs is 3. The summed E-state index contributed by atoms with van der Waals surface area (Å²) in [4.78, 5) is 29.1. The van der Waals surface area contributed by atoms with Crippen molar-refractivity contribution < 1.29 is 33.9 Å². The van der Waals surface area contributed by atoms with E-state index >= 15 is 0 Å². The van der Waals surface area contributed by atoms with Gasteiger partial charge in [0, 0.05) is 4.88 Å². The van der Waals surface area contributed by atoms with Crippen molar-refractivity contribution in [3.63, 3.8) is 0 Å². The normalized spacial score (nSPS) is 26.6. The fourth-order valence-electron chi connectivity index (χ4n) is 5.92. The van der Waals surface area contributed by atoms with Gasteiger partial charge in [-0.1, -0.05) is 11.6 Å². The largest absolute Gasteiger partial charge is 0.459 e. The molecule has 2 amide bonds. The Morgan fingerprint density at radius 3 is 2.72 bits per heavy atom. The van der Waals surface area contributed by atoms with Crippen LogP contribution in [-0.2, 0) is 27.4 Å². The van der Waals surface area contributed by atoms with Crippen molar-refractivity contribution in [3.05, 3.63) is 62.8 Å². The van der Waals surface area contributed by atoms with Crippen LogP contribution in [0.15, 0.2) is 50.8 Å². The maximum Gasteiger partial charge on any atom is 0.455 e. The summed E-state index contributed by atoms with van der Waals surface area (Å²) in [6, 6.07) is 7.33. The molecular weight excluding hydrogens is 481 g/mol. The van der Waals surface area contributed by atoms with Gasteiger partial charge in [-0.05, 0) is 79.2 Å². The minimum absolute atomic E-state index is 0.158. The number of carbonyl (C=O) groups is 2. The van der Waals surface area contributed by atoms with E-state index in [0.29, 0.717) is 30.8 Å². The molecular formula is C26H30BNO7S. The van der Waals surface area contributed by atoms with Crippen LogP contribution >= 0.6 is 11.3 Å². The standard InChI is InChI=1S/C26H30BNO7S/c1-15(9-17-5-6-18(14-30)34-17)4-7-22-23-16(13-29)10-20-24(21(23)11-27(33)35-22)26(32)28(25(20)31)12-19-3-2-8-36-19/h2-3,5-6,8-9,20-22,24,29-30,33H,4,7,10-14H2,1H3/b15-9+/t20-,21+,22-,24-/m1/s1. The van der Waals surface area contributed by atoms with Gasteiger partial charge in [0.25, 0.3) is 0 Å². The number of nitrogens with zero attached hydrogens (tertiary/aromatic N) is 1. The second-order valence-corrected chi connectivity index (χ2v) is 10.8. The Morgan fingerprint density at radius 1 is 1.19 bits per heavy atom. The minimum Gasteiger partial charge on any atom is -0.459 e. The lowest BCUT2D eigenvalue weighted by Crippen LogP contribution is -2.46. The number of hydrogen-bond donors (Lipinski definition) is 3. The Kier molecular flexibility index (Phi) is 7.32. The number of furan rings is 1. The summed E-state index contributed by atoms with van der Waals surface area (Å²) in [5.74, 6) is -0.642. The topological polar surface area (TPSA) is 120 Å². The van der Waals surface area contributed by atoms with Crippen LogP contribution in [0.5, 0.6) is 0 Å². The number of rotatable bonds is 8. The van der Waals surface area contributed by atoms with Crippen LogP contribution in [0.1, 0.15) is 42.6 Å². The third-order valence-corrected chi connectivity index (χ3v) is 8.37. The zero-order valence-corrected chi connectivity index (χ0v) is 20.9. The van der Waals surface area contributed by atoms with Gasteiger partial charge in [0.2, 0.25) is 11.8 Å². The molecule has 0 radical (unpaired) electrons. The van der Waals surface area contributed by atoms with Crippen LogP contribution in [-0.4, -0.2) is 51.8 Å². The molecule has 0 bridgehead atoms. The first-order valence-electron chi connectivity index (χ1n) is 12.3. The second kappa shape index (κ2) is 10.5. The van der Waals surface area contributed by atoms with Crippen molar-refractivity contribution in [1.29, 1.82) is 0 Å². The van der Waals surface area contributed by atoms with E-state index in [1.54, 1.807) is 12.1 Å². The molecule has 3 N–H and O–H groups in total. The van der Waals surface area contributed by atoms with Crippen LogP contribution in [0.3, 0.4) is 0 Å². The van der Waals surface area contributed by atoms with Crippen LogP contribution in [0.25, 0.3) is 6.08 Å². The van der Waals surface area contributed by atoms with Gasteiger partial charge in [0.15, 0.2) is 0 Å². The van der Waals surface area contributed by atoms with Gasteiger partial charge in [0.05, 0.1) is 31.1 Å². The number of likely N-dealkylation sites (tertiary alicyclic amines) is 1. The van der Waals surface area contributed by atoms with Crippen LogP contribution in [0.4, 0.5) is 0 Å². The number of allylic oxidation sites excluding steroid dienone is 1. The Balaban J connectivity index is 1.37. The summed E-state index contributed by atoms with van der Waals surface area (Å²) in [6.45, 7) is 1.87. The zero-order chi connectivity index (χ0) is 25.4. The predicted molar refractivity (Wildman–Crippen MR) is 134 cm³/mol. The minimum atomic E-state index is -1.04. The third-order valence-electron chi connectivity index (χ3n) is 7.51. The summed E-state index contributed by atoms with van der Waals surface area (Å²) >= 11 is 1.51. The molecule has 2 aliphatic heterocycles. The number of hydrogen-bond acceptors (Lipinski definition) is 8. The molecule has 190 valence electrons. The summed E-state index contributed by atoms with van der Waals surface area (Å²) < 4.78 is 11.5. The number of carbonyl (C=O) groups excluding carboxylic acids is 2. The van der Waals surface area contributed by atoms with Gasteiger partial charge in [-0.3, -0.25) is 14.5 Å². The molecule has 5 rings (SSSR count). The molecule has 8 nitrogen and oxygen atoms in total. The maximum atomic E-state index is 13.5. The van der Waals surface area contributed by atoms with E-state index in [2.05, 4.69) is 0 Å². The van der Waals surface area contributed by atoms with Crippen molar-refractivity contribution in [2.24, 2.45) is 17.8 Å². The number of aliphatic hydroxyl groups is 2. The molecule has 4 atom stereocenters. The highest BCUT2D eigenvalue weighted by molar-refractivity contribution is 7.09. The van der Waals surface area contributed by atoms with Crippen molar-refractivity contribution in [1.82, 2.24) is 4.90 Å². The molecule has 3 aliphatic rings. The van der Waals surface area contributed by atoms with Gasteiger partial charge in [-0.15, -0.1) is 11.3 Å². The highest BCUT2D eigenvalue weighted by Crippen LogP contribution is 2.50. The first-order chi connectivity index (χ1) is 17.4. The molecule has 2 fully saturated rings. The lowest BCUT2D eigenvalue weighted by molar-refractivity contribution is -0.140. The second-order valence-electron chi connectivity index (χ2n) is 9.81. The molecule has 0 aromatic carbocycles. The van der Waals surface area contributed by atoms with Gasteiger partial charge in [-0.25, -0.2) is 0 Å². The lowest BCUT2D eigenvalue weighted by Gasteiger charge is -2.42. The van der Waals surface area contributed by atoms with E-state index in [9.17, 15) is 24.8 Å². The van der Waals surface area contributed by atoms with Crippen LogP contribution in [0.2, 0.25) is 6.32 Å². The van der Waals surface area contributed by atoms with Crippen molar-refractivity contribution >= 4 is 36.3 Å². The Morgan fingerprint density at radius 2 is 2.03 bits per heavy atom. The van der Waals surface area contributed by atoms with E-state index in [-0.39, 0.29) is 43.8 Å². The summed E-state index contributed by atoms with van der Waals surface area (Å²) in [7, 11) is -1.04. The molecule has 0 saturated carbocycles. The SMILES string of the molecule is C/C(=C\c1ccc(CO)o1)CC[C@H]1OB(O)C[C@H]2C1=C(CO)C[C@H]1C(=O)N(Cc3cccs3)C(=O)[C@H]12. The van der Waals surface area contributed by atoms with Crippen molar-refractivity contribution in [2.45, 2.75) is 51.8 Å². The first-order valence-corrected chi connectivity index (χ1v) is 13.2. The van der Waals surface area contributed by atoms with E-state index in [1.807, 2.05) is 30.5 Å². The maximum absolute atomic E-state index is 13.5. The smallest absolute Gasteiger partial charge is 0.455 e. The Bertz CT molecular complexity index is 1190. The van der Waals surface area contributed by atoms with E-state index < -0.39 is 25.1 Å². The quantitative estimate of drug-likeness (QED) is 0.283. The molecule has 0 spiro atoms. The Labute approximate surface area is 214 Å². The number of thiophene rings is 1. The monoisotopic (exact) mass is 511 g/mol. The molecule has 2 aromatic rings. The summed E-state index contributed by atoms with van der Waals surface area (Å²) in [5.41, 5.74) is 2.65. The highest BCUT2D eigenvalue weighted by atomic mass is 32.1. The Hall–Kier alpha value is -2.50. The van der Waals surface area contributed by atoms with E-state index in [0.717, 1.165) is 21.6 Å². The van der Waals surface area contributed by atoms with Crippen molar-refractivity contribution in [3.8, 4) is 0 Å². The molecule has 10 heteroatoms. The van der Waals surface area contributed by atoms with Gasteiger partial charge in [0.1, 0.15) is 18.1 Å². The highest BCUT2D eigenvalue weighted by Gasteiger charge is 2.57. The molecule has 36 heavy (non-hydrogen) atoms. The number of amides is 2. The predicted octanol–water partition coefficient (Wildman–Crippen LogP) is 3.01. The lowest BCUT2D eigenvalue weighted by atomic mass is 9.58. The zero-order valence-electron chi connectivity index (χ0n) is 20.1.